The summed E-state index contributed by atoms with van der Waals surface area (Å²) in [6.45, 7) is 4.32. The summed E-state index contributed by atoms with van der Waals surface area (Å²) in [4.78, 5) is 16.3. The molecule has 0 spiro atoms. The molecule has 12 heteroatoms. The van der Waals surface area contributed by atoms with Gasteiger partial charge in [-0.2, -0.15) is 10.4 Å². The quantitative estimate of drug-likeness (QED) is 0.237. The molecule has 9 nitrogen and oxygen atoms in total. The number of hydrogen-bond donors (Lipinski definition) is 4. The van der Waals surface area contributed by atoms with Crippen molar-refractivity contribution in [2.45, 2.75) is 32.5 Å². The molecule has 1 amide bonds. The fourth-order valence-corrected chi connectivity index (χ4v) is 4.94. The van der Waals surface area contributed by atoms with Crippen LogP contribution in [0.3, 0.4) is 0 Å². The summed E-state index contributed by atoms with van der Waals surface area (Å²) in [5.74, 6) is -0.745. The molecule has 2 atom stereocenters. The van der Waals surface area contributed by atoms with Gasteiger partial charge in [0.2, 0.25) is 0 Å². The summed E-state index contributed by atoms with van der Waals surface area (Å²) in [5, 5.41) is 32.5. The molecule has 0 fully saturated rings. The van der Waals surface area contributed by atoms with Crippen molar-refractivity contribution < 1.29 is 14.3 Å². The van der Waals surface area contributed by atoms with Gasteiger partial charge < -0.3 is 21.1 Å². The number of halogens is 2. The van der Waals surface area contributed by atoms with E-state index in [0.29, 0.717) is 21.4 Å². The second kappa shape index (κ2) is 10.2. The number of nitrogens with zero attached hydrogens (tertiary/aromatic N) is 4. The fraction of sp³-hybridized carbons (Fsp3) is 0.217. The number of benzene rings is 1. The Hall–Kier alpha value is -3.88. The Kier molecular flexibility index (Phi) is 7.04. The molecule has 0 saturated heterocycles. The highest BCUT2D eigenvalue weighted by molar-refractivity contribution is 7.16. The monoisotopic (exact) mass is 513 g/mol. The molecule has 3 heterocycles. The third-order valence-corrected chi connectivity index (χ3v) is 6.69. The Balaban J connectivity index is 1.72. The SMILES string of the molecule is CCn1ncc2c(Nc3nc(N[C@H](c4ccc(Cl)s4)[C@H](C)NC(=O)O)c(F)cc3C#N)cccc21. The van der Waals surface area contributed by atoms with Crippen LogP contribution in [0.2, 0.25) is 4.34 Å². The summed E-state index contributed by atoms with van der Waals surface area (Å²) in [6, 6.07) is 10.7. The number of carbonyl (C=O) groups is 1. The molecule has 4 aromatic rings. The number of fused-ring (bicyclic) bond motifs is 1. The van der Waals surface area contributed by atoms with Crippen LogP contribution in [0.4, 0.5) is 26.5 Å². The van der Waals surface area contributed by atoms with Gasteiger partial charge in [0.05, 0.1) is 39.4 Å². The number of anilines is 3. The number of amides is 1. The van der Waals surface area contributed by atoms with Crippen LogP contribution in [0.15, 0.2) is 42.6 Å². The summed E-state index contributed by atoms with van der Waals surface area (Å²) in [5.41, 5.74) is 1.58. The fourth-order valence-electron chi connectivity index (χ4n) is 3.73. The topological polar surface area (TPSA) is 128 Å². The zero-order valence-electron chi connectivity index (χ0n) is 18.7. The first-order chi connectivity index (χ1) is 16.8. The zero-order chi connectivity index (χ0) is 25.1. The van der Waals surface area contributed by atoms with E-state index in [0.717, 1.165) is 17.0 Å². The van der Waals surface area contributed by atoms with E-state index in [4.69, 9.17) is 11.6 Å². The van der Waals surface area contributed by atoms with Gasteiger partial charge in [-0.1, -0.05) is 17.7 Å². The standard InChI is InChI=1S/C23H21ClFN7O2S/c1-3-32-17-6-4-5-16(14(17)11-27-32)29-21-13(10-26)9-15(25)22(31-21)30-20(12(2)28-23(33)34)18-7-8-19(24)35-18/h4-9,11-12,20,28H,3H2,1-2H3,(H,33,34)(H2,29,30,31)/t12-,20-/m0/s1. The van der Waals surface area contributed by atoms with E-state index < -0.39 is 24.0 Å². The number of nitriles is 1. The minimum absolute atomic E-state index is 0.0142. The molecule has 0 aliphatic heterocycles. The van der Waals surface area contributed by atoms with E-state index in [1.807, 2.05) is 35.9 Å². The number of aryl methyl sites for hydroxylation is 1. The van der Waals surface area contributed by atoms with Crippen LogP contribution in [-0.2, 0) is 6.54 Å². The molecule has 35 heavy (non-hydrogen) atoms. The Morgan fingerprint density at radius 1 is 1.34 bits per heavy atom. The van der Waals surface area contributed by atoms with Crippen LogP contribution < -0.4 is 16.0 Å². The molecule has 0 saturated carbocycles. The molecule has 0 radical (unpaired) electrons. The molecule has 3 aromatic heterocycles. The Labute approximate surface area is 209 Å². The van der Waals surface area contributed by atoms with Crippen LogP contribution in [0.5, 0.6) is 0 Å². The van der Waals surface area contributed by atoms with Crippen LogP contribution in [0.25, 0.3) is 10.9 Å². The van der Waals surface area contributed by atoms with Gasteiger partial charge in [-0.25, -0.2) is 14.2 Å². The first-order valence-electron chi connectivity index (χ1n) is 10.6. The van der Waals surface area contributed by atoms with Crippen molar-refractivity contribution in [1.29, 1.82) is 5.26 Å². The third kappa shape index (κ3) is 5.13. The van der Waals surface area contributed by atoms with Gasteiger partial charge >= 0.3 is 6.09 Å². The molecule has 0 aliphatic rings. The minimum atomic E-state index is -1.22. The Morgan fingerprint density at radius 3 is 2.80 bits per heavy atom. The highest BCUT2D eigenvalue weighted by Crippen LogP contribution is 2.33. The molecule has 0 unspecified atom stereocenters. The van der Waals surface area contributed by atoms with E-state index >= 15 is 0 Å². The average Bonchev–Trinajstić information content (AvgIpc) is 3.44. The Bertz CT molecular complexity index is 1430. The zero-order valence-corrected chi connectivity index (χ0v) is 20.3. The molecule has 0 bridgehead atoms. The lowest BCUT2D eigenvalue weighted by Crippen LogP contribution is -2.39. The second-order valence-corrected chi connectivity index (χ2v) is 9.40. The van der Waals surface area contributed by atoms with Crippen molar-refractivity contribution in [3.8, 4) is 6.07 Å². The van der Waals surface area contributed by atoms with Crippen molar-refractivity contribution in [2.24, 2.45) is 0 Å². The lowest BCUT2D eigenvalue weighted by molar-refractivity contribution is 0.189. The second-order valence-electron chi connectivity index (χ2n) is 7.65. The minimum Gasteiger partial charge on any atom is -0.465 e. The first-order valence-corrected chi connectivity index (χ1v) is 11.8. The van der Waals surface area contributed by atoms with E-state index in [2.05, 4.69) is 26.0 Å². The number of rotatable bonds is 8. The summed E-state index contributed by atoms with van der Waals surface area (Å²) >= 11 is 7.31. The van der Waals surface area contributed by atoms with Crippen molar-refractivity contribution in [2.75, 3.05) is 10.6 Å². The molecule has 4 N–H and O–H groups in total. The maximum absolute atomic E-state index is 15.0. The molecular weight excluding hydrogens is 493 g/mol. The largest absolute Gasteiger partial charge is 0.465 e. The predicted octanol–water partition coefficient (Wildman–Crippen LogP) is 5.73. The van der Waals surface area contributed by atoms with Crippen LogP contribution in [-0.4, -0.2) is 32.0 Å². The van der Waals surface area contributed by atoms with Gasteiger partial charge in [0.1, 0.15) is 6.07 Å². The normalized spacial score (nSPS) is 12.7. The highest BCUT2D eigenvalue weighted by atomic mass is 35.5. The smallest absolute Gasteiger partial charge is 0.404 e. The number of carboxylic acid groups (broad SMARTS) is 1. The summed E-state index contributed by atoms with van der Waals surface area (Å²) < 4.78 is 17.3. The van der Waals surface area contributed by atoms with Gasteiger partial charge in [0.15, 0.2) is 17.5 Å². The number of hydrogen-bond acceptors (Lipinski definition) is 7. The maximum Gasteiger partial charge on any atom is 0.404 e. The molecule has 4 rings (SSSR count). The maximum atomic E-state index is 15.0. The van der Waals surface area contributed by atoms with Crippen molar-refractivity contribution in [3.05, 3.63) is 63.2 Å². The van der Waals surface area contributed by atoms with Crippen molar-refractivity contribution >= 4 is 57.3 Å². The van der Waals surface area contributed by atoms with Crippen LogP contribution in [0.1, 0.15) is 30.3 Å². The highest BCUT2D eigenvalue weighted by Gasteiger charge is 2.25. The number of pyridine rings is 1. The number of nitrogens with one attached hydrogen (secondary N) is 3. The van der Waals surface area contributed by atoms with Gasteiger partial charge in [0, 0.05) is 16.8 Å². The van der Waals surface area contributed by atoms with Gasteiger partial charge in [-0.3, -0.25) is 4.68 Å². The van der Waals surface area contributed by atoms with Crippen molar-refractivity contribution in [3.63, 3.8) is 0 Å². The van der Waals surface area contributed by atoms with Gasteiger partial charge in [-0.15, -0.1) is 11.3 Å². The van der Waals surface area contributed by atoms with Crippen LogP contribution in [0, 0.1) is 17.1 Å². The molecular formula is C23H21ClFN7O2S. The predicted molar refractivity (Wildman–Crippen MR) is 134 cm³/mol. The summed E-state index contributed by atoms with van der Waals surface area (Å²) in [7, 11) is 0. The third-order valence-electron chi connectivity index (χ3n) is 5.38. The van der Waals surface area contributed by atoms with Crippen LogP contribution >= 0.6 is 22.9 Å². The van der Waals surface area contributed by atoms with E-state index in [1.54, 1.807) is 25.3 Å². The van der Waals surface area contributed by atoms with E-state index in [9.17, 15) is 19.6 Å². The lowest BCUT2D eigenvalue weighted by atomic mass is 10.1. The Morgan fingerprint density at radius 2 is 2.14 bits per heavy atom. The van der Waals surface area contributed by atoms with Gasteiger partial charge in [-0.05, 0) is 44.2 Å². The van der Waals surface area contributed by atoms with E-state index in [1.165, 1.54) is 11.3 Å². The van der Waals surface area contributed by atoms with Gasteiger partial charge in [0.25, 0.3) is 0 Å². The lowest BCUT2D eigenvalue weighted by Gasteiger charge is -2.25. The average molecular weight is 514 g/mol. The molecule has 1 aromatic carbocycles. The number of thiophene rings is 1. The van der Waals surface area contributed by atoms with E-state index in [-0.39, 0.29) is 17.2 Å². The molecule has 0 aliphatic carbocycles. The first kappa shape index (κ1) is 24.3. The summed E-state index contributed by atoms with van der Waals surface area (Å²) in [6.07, 6.45) is 0.495. The number of aromatic nitrogens is 3. The van der Waals surface area contributed by atoms with Crippen molar-refractivity contribution in [1.82, 2.24) is 20.1 Å². The molecule has 180 valence electrons.